The third-order valence-corrected chi connectivity index (χ3v) is 2.00. The molecule has 0 radical (unpaired) electrons. The molecule has 0 aliphatic carbocycles. The van der Waals surface area contributed by atoms with E-state index in [4.69, 9.17) is 10.8 Å². The largest absolute Gasteiger partial charge is 0.481 e. The van der Waals surface area contributed by atoms with Crippen molar-refractivity contribution >= 4 is 5.97 Å². The van der Waals surface area contributed by atoms with Gasteiger partial charge in [-0.05, 0) is 5.92 Å². The fourth-order valence-electron chi connectivity index (χ4n) is 1.23. The van der Waals surface area contributed by atoms with E-state index in [9.17, 15) is 4.79 Å². The number of hydrogen-bond acceptors (Lipinski definition) is 2. The summed E-state index contributed by atoms with van der Waals surface area (Å²) in [5, 5.41) is 8.69. The Bertz CT molecular complexity index is 125. The summed E-state index contributed by atoms with van der Waals surface area (Å²) in [4.78, 5) is 10.6. The van der Waals surface area contributed by atoms with Gasteiger partial charge in [-0.1, -0.05) is 26.7 Å². The smallest absolute Gasteiger partial charge is 0.308 e. The van der Waals surface area contributed by atoms with E-state index in [1.807, 2.05) is 13.8 Å². The first-order chi connectivity index (χ1) is 5.13. The lowest BCUT2D eigenvalue weighted by molar-refractivity contribution is -0.143. The zero-order valence-corrected chi connectivity index (χ0v) is 7.21. The van der Waals surface area contributed by atoms with Gasteiger partial charge in [0.25, 0.3) is 0 Å². The summed E-state index contributed by atoms with van der Waals surface area (Å²) in [6.07, 6.45) is 1.96. The molecule has 2 unspecified atom stereocenters. The van der Waals surface area contributed by atoms with Crippen molar-refractivity contribution in [3.8, 4) is 0 Å². The van der Waals surface area contributed by atoms with Gasteiger partial charge in [0.15, 0.2) is 0 Å². The van der Waals surface area contributed by atoms with Crippen molar-refractivity contribution in [2.24, 2.45) is 17.6 Å². The first-order valence-electron chi connectivity index (χ1n) is 4.06. The lowest BCUT2D eigenvalue weighted by Gasteiger charge is -2.16. The average molecular weight is 159 g/mol. The normalized spacial score (nSPS) is 15.9. The van der Waals surface area contributed by atoms with E-state index in [0.717, 1.165) is 12.8 Å². The summed E-state index contributed by atoms with van der Waals surface area (Å²) < 4.78 is 0. The fourth-order valence-corrected chi connectivity index (χ4v) is 1.23. The number of carbonyl (C=O) groups is 1. The van der Waals surface area contributed by atoms with Gasteiger partial charge in [0.05, 0.1) is 5.92 Å². The van der Waals surface area contributed by atoms with Crippen LogP contribution in [0.3, 0.4) is 0 Å². The molecule has 0 saturated carbocycles. The van der Waals surface area contributed by atoms with Gasteiger partial charge in [0.2, 0.25) is 0 Å². The van der Waals surface area contributed by atoms with Crippen LogP contribution in [0, 0.1) is 11.8 Å². The second kappa shape index (κ2) is 5.13. The maximum absolute atomic E-state index is 10.6. The van der Waals surface area contributed by atoms with Crippen LogP contribution in [-0.4, -0.2) is 17.6 Å². The summed E-state index contributed by atoms with van der Waals surface area (Å²) in [6.45, 7) is 4.23. The van der Waals surface area contributed by atoms with Gasteiger partial charge in [0, 0.05) is 6.54 Å². The molecule has 0 fully saturated rings. The van der Waals surface area contributed by atoms with Gasteiger partial charge in [0.1, 0.15) is 0 Å². The molecule has 0 rings (SSSR count). The van der Waals surface area contributed by atoms with Crippen molar-refractivity contribution in [1.82, 2.24) is 0 Å². The van der Waals surface area contributed by atoms with E-state index < -0.39 is 5.97 Å². The molecule has 3 nitrogen and oxygen atoms in total. The van der Waals surface area contributed by atoms with Gasteiger partial charge in [-0.2, -0.15) is 0 Å². The molecule has 0 aromatic heterocycles. The number of nitrogens with two attached hydrogens (primary N) is 1. The highest BCUT2D eigenvalue weighted by Gasteiger charge is 2.21. The second-order valence-electron chi connectivity index (χ2n) is 2.95. The van der Waals surface area contributed by atoms with Crippen molar-refractivity contribution in [2.75, 3.05) is 6.54 Å². The molecule has 0 spiro atoms. The summed E-state index contributed by atoms with van der Waals surface area (Å²) in [5.74, 6) is -0.939. The molecule has 66 valence electrons. The molecule has 0 amide bonds. The monoisotopic (exact) mass is 159 g/mol. The van der Waals surface area contributed by atoms with Crippen LogP contribution in [0.4, 0.5) is 0 Å². The molecular formula is C8H17NO2. The van der Waals surface area contributed by atoms with E-state index in [1.54, 1.807) is 0 Å². The summed E-state index contributed by atoms with van der Waals surface area (Å²) in [6, 6.07) is 0. The molecule has 2 atom stereocenters. The predicted octanol–water partition coefficient (Wildman–Crippen LogP) is 1.08. The average Bonchev–Trinajstić information content (AvgIpc) is 1.88. The lowest BCUT2D eigenvalue weighted by atomic mass is 9.90. The topological polar surface area (TPSA) is 63.3 Å². The summed E-state index contributed by atoms with van der Waals surface area (Å²) in [7, 11) is 0. The maximum atomic E-state index is 10.6. The Morgan fingerprint density at radius 1 is 1.64 bits per heavy atom. The molecule has 0 saturated heterocycles. The first kappa shape index (κ1) is 10.4. The van der Waals surface area contributed by atoms with E-state index in [0.29, 0.717) is 0 Å². The predicted molar refractivity (Wildman–Crippen MR) is 44.3 cm³/mol. The summed E-state index contributed by atoms with van der Waals surface area (Å²) in [5.41, 5.74) is 5.32. The highest BCUT2D eigenvalue weighted by molar-refractivity contribution is 5.70. The Balaban J connectivity index is 3.91. The minimum Gasteiger partial charge on any atom is -0.481 e. The van der Waals surface area contributed by atoms with Crippen LogP contribution in [0.15, 0.2) is 0 Å². The van der Waals surface area contributed by atoms with Crippen molar-refractivity contribution in [3.63, 3.8) is 0 Å². The van der Waals surface area contributed by atoms with Crippen LogP contribution in [-0.2, 0) is 4.79 Å². The Hall–Kier alpha value is -0.570. The summed E-state index contributed by atoms with van der Waals surface area (Å²) >= 11 is 0. The van der Waals surface area contributed by atoms with Crippen LogP contribution in [0.2, 0.25) is 0 Å². The molecule has 0 aliphatic rings. The van der Waals surface area contributed by atoms with Crippen molar-refractivity contribution in [1.29, 1.82) is 0 Å². The Morgan fingerprint density at radius 2 is 2.18 bits per heavy atom. The van der Waals surface area contributed by atoms with Crippen molar-refractivity contribution in [3.05, 3.63) is 0 Å². The van der Waals surface area contributed by atoms with Gasteiger partial charge in [-0.3, -0.25) is 4.79 Å². The molecule has 11 heavy (non-hydrogen) atoms. The van der Waals surface area contributed by atoms with Crippen LogP contribution < -0.4 is 5.73 Å². The van der Waals surface area contributed by atoms with Gasteiger partial charge >= 0.3 is 5.97 Å². The van der Waals surface area contributed by atoms with Gasteiger partial charge in [-0.15, -0.1) is 0 Å². The van der Waals surface area contributed by atoms with Crippen molar-refractivity contribution < 1.29 is 9.90 Å². The Labute approximate surface area is 67.6 Å². The molecule has 0 aromatic rings. The number of carboxylic acids is 1. The van der Waals surface area contributed by atoms with Crippen LogP contribution in [0.25, 0.3) is 0 Å². The third-order valence-electron chi connectivity index (χ3n) is 2.00. The third kappa shape index (κ3) is 3.37. The van der Waals surface area contributed by atoms with E-state index in [-0.39, 0.29) is 18.4 Å². The molecule has 3 heteroatoms. The molecule has 0 heterocycles. The van der Waals surface area contributed by atoms with E-state index in [2.05, 4.69) is 0 Å². The molecule has 0 aliphatic heterocycles. The highest BCUT2D eigenvalue weighted by atomic mass is 16.4. The standard InChI is InChI=1S/C8H17NO2/c1-3-4-6(2)7(5-9)8(10)11/h6-7H,3-5,9H2,1-2H3,(H,10,11). The Morgan fingerprint density at radius 3 is 2.45 bits per heavy atom. The first-order valence-corrected chi connectivity index (χ1v) is 4.06. The Kier molecular flexibility index (Phi) is 4.86. The SMILES string of the molecule is CCCC(C)C(CN)C(=O)O. The minimum atomic E-state index is -0.770. The van der Waals surface area contributed by atoms with E-state index >= 15 is 0 Å². The second-order valence-corrected chi connectivity index (χ2v) is 2.95. The van der Waals surface area contributed by atoms with E-state index in [1.165, 1.54) is 0 Å². The quantitative estimate of drug-likeness (QED) is 0.631. The zero-order valence-electron chi connectivity index (χ0n) is 7.21. The molecular weight excluding hydrogens is 142 g/mol. The van der Waals surface area contributed by atoms with Gasteiger partial charge < -0.3 is 10.8 Å². The fraction of sp³-hybridized carbons (Fsp3) is 0.875. The lowest BCUT2D eigenvalue weighted by Crippen LogP contribution is -2.29. The van der Waals surface area contributed by atoms with Crippen molar-refractivity contribution in [2.45, 2.75) is 26.7 Å². The van der Waals surface area contributed by atoms with Gasteiger partial charge in [-0.25, -0.2) is 0 Å². The molecule has 0 aromatic carbocycles. The number of hydrogen-bond donors (Lipinski definition) is 2. The van der Waals surface area contributed by atoms with Crippen LogP contribution in [0.5, 0.6) is 0 Å². The maximum Gasteiger partial charge on any atom is 0.308 e. The van der Waals surface area contributed by atoms with Crippen LogP contribution >= 0.6 is 0 Å². The highest BCUT2D eigenvalue weighted by Crippen LogP contribution is 2.15. The number of carboxylic acid groups (broad SMARTS) is 1. The van der Waals surface area contributed by atoms with Crippen LogP contribution in [0.1, 0.15) is 26.7 Å². The zero-order chi connectivity index (χ0) is 8.85. The number of rotatable bonds is 5. The number of aliphatic carboxylic acids is 1. The molecule has 3 N–H and O–H groups in total. The minimum absolute atomic E-state index is 0.197. The molecule has 0 bridgehead atoms.